The molecule has 1 heterocycles. The molecule has 6 heteroatoms. The molecule has 156 valence electrons. The summed E-state index contributed by atoms with van der Waals surface area (Å²) < 4.78 is 8.56. The average Bonchev–Trinajstić information content (AvgIpc) is 3.11. The predicted molar refractivity (Wildman–Crippen MR) is 128 cm³/mol. The maximum absolute atomic E-state index is 12.1. The van der Waals surface area contributed by atoms with Gasteiger partial charge in [-0.25, -0.2) is 5.43 Å². The van der Waals surface area contributed by atoms with Crippen LogP contribution in [0.4, 0.5) is 0 Å². The van der Waals surface area contributed by atoms with Crippen molar-refractivity contribution in [1.82, 2.24) is 9.99 Å². The topological polar surface area (TPSA) is 55.6 Å². The molecule has 0 atom stereocenters. The molecule has 0 aliphatic heterocycles. The van der Waals surface area contributed by atoms with Crippen LogP contribution in [0.5, 0.6) is 5.75 Å². The van der Waals surface area contributed by atoms with Crippen LogP contribution in [0.15, 0.2) is 88.6 Å². The highest BCUT2D eigenvalue weighted by molar-refractivity contribution is 9.10. The van der Waals surface area contributed by atoms with Crippen molar-refractivity contribution in [2.45, 2.75) is 13.5 Å². The molecule has 1 N–H and O–H groups in total. The molecule has 3 aromatic carbocycles. The number of hydrogen-bond donors (Lipinski definition) is 1. The third kappa shape index (κ3) is 5.22. The molecule has 5 nitrogen and oxygen atoms in total. The van der Waals surface area contributed by atoms with Crippen LogP contribution in [-0.4, -0.2) is 23.3 Å². The van der Waals surface area contributed by atoms with E-state index in [4.69, 9.17) is 4.74 Å². The highest BCUT2D eigenvalue weighted by atomic mass is 79.9. The minimum atomic E-state index is -0.322. The largest absolute Gasteiger partial charge is 0.483 e. The Balaban J connectivity index is 1.42. The highest BCUT2D eigenvalue weighted by Gasteiger charge is 2.08. The third-order valence-electron chi connectivity index (χ3n) is 4.85. The van der Waals surface area contributed by atoms with Crippen LogP contribution in [0, 0.1) is 6.92 Å². The van der Waals surface area contributed by atoms with Crippen molar-refractivity contribution >= 4 is 39.0 Å². The van der Waals surface area contributed by atoms with Gasteiger partial charge in [-0.05, 0) is 52.2 Å². The molecule has 0 saturated carbocycles. The van der Waals surface area contributed by atoms with E-state index in [0.717, 1.165) is 33.0 Å². The summed E-state index contributed by atoms with van der Waals surface area (Å²) in [6.45, 7) is 2.64. The second kappa shape index (κ2) is 9.62. The first-order chi connectivity index (χ1) is 15.1. The molecule has 31 heavy (non-hydrogen) atoms. The molecule has 1 aromatic heterocycles. The monoisotopic (exact) mass is 475 g/mol. The quantitative estimate of drug-likeness (QED) is 0.291. The smallest absolute Gasteiger partial charge is 0.277 e. The maximum Gasteiger partial charge on any atom is 0.277 e. The van der Waals surface area contributed by atoms with Gasteiger partial charge in [0.1, 0.15) is 5.75 Å². The van der Waals surface area contributed by atoms with Gasteiger partial charge in [-0.15, -0.1) is 0 Å². The lowest BCUT2D eigenvalue weighted by atomic mass is 10.2. The standard InChI is InChI=1S/C25H22BrN3O2/c1-18-11-12-24(22(26)13-18)31-17-25(30)28-27-14-20-16-29(15-19-7-3-2-4-8-19)23-10-6-5-9-21(20)23/h2-14,16H,15,17H2,1H3,(H,28,30). The number of halogens is 1. The first-order valence-corrected chi connectivity index (χ1v) is 10.7. The van der Waals surface area contributed by atoms with E-state index in [1.54, 1.807) is 6.21 Å². The number of amides is 1. The van der Waals surface area contributed by atoms with E-state index in [1.165, 1.54) is 5.56 Å². The minimum Gasteiger partial charge on any atom is -0.483 e. The fourth-order valence-electron chi connectivity index (χ4n) is 3.36. The number of nitrogens with zero attached hydrogens (tertiary/aromatic N) is 2. The lowest BCUT2D eigenvalue weighted by molar-refractivity contribution is -0.123. The Bertz CT molecular complexity index is 1230. The molecular formula is C25H22BrN3O2. The Morgan fingerprint density at radius 1 is 1.10 bits per heavy atom. The summed E-state index contributed by atoms with van der Waals surface area (Å²) in [7, 11) is 0. The van der Waals surface area contributed by atoms with Crippen LogP contribution >= 0.6 is 15.9 Å². The van der Waals surface area contributed by atoms with E-state index in [-0.39, 0.29) is 12.5 Å². The number of carbonyl (C=O) groups is 1. The van der Waals surface area contributed by atoms with Crippen molar-refractivity contribution in [3.63, 3.8) is 0 Å². The number of hydrazone groups is 1. The second-order valence-corrected chi connectivity index (χ2v) is 8.09. The number of benzene rings is 3. The summed E-state index contributed by atoms with van der Waals surface area (Å²) in [5.74, 6) is 0.297. The number of aryl methyl sites for hydroxylation is 1. The number of rotatable bonds is 7. The van der Waals surface area contributed by atoms with Gasteiger partial charge in [0.2, 0.25) is 0 Å². The third-order valence-corrected chi connectivity index (χ3v) is 5.47. The van der Waals surface area contributed by atoms with E-state index in [1.807, 2.05) is 61.7 Å². The van der Waals surface area contributed by atoms with Crippen LogP contribution in [-0.2, 0) is 11.3 Å². The van der Waals surface area contributed by atoms with Crippen molar-refractivity contribution < 1.29 is 9.53 Å². The normalized spacial score (nSPS) is 11.2. The van der Waals surface area contributed by atoms with Crippen LogP contribution in [0.2, 0.25) is 0 Å². The number of aromatic nitrogens is 1. The zero-order valence-corrected chi connectivity index (χ0v) is 18.7. The van der Waals surface area contributed by atoms with E-state index < -0.39 is 0 Å². The first-order valence-electron chi connectivity index (χ1n) is 9.93. The van der Waals surface area contributed by atoms with Crippen LogP contribution < -0.4 is 10.2 Å². The van der Waals surface area contributed by atoms with Crippen molar-refractivity contribution in [3.05, 3.63) is 100 Å². The summed E-state index contributed by atoms with van der Waals surface area (Å²) in [5, 5.41) is 5.21. The van der Waals surface area contributed by atoms with E-state index in [0.29, 0.717) is 5.75 Å². The molecule has 4 aromatic rings. The molecule has 0 saturated heterocycles. The number of para-hydroxylation sites is 1. The first kappa shape index (κ1) is 20.9. The SMILES string of the molecule is Cc1ccc(OCC(=O)NN=Cc2cn(Cc3ccccc3)c3ccccc23)c(Br)c1. The molecule has 0 bridgehead atoms. The average molecular weight is 476 g/mol. The summed E-state index contributed by atoms with van der Waals surface area (Å²) in [4.78, 5) is 12.1. The molecule has 0 aliphatic carbocycles. The zero-order chi connectivity index (χ0) is 21.6. The molecule has 0 spiro atoms. The molecule has 4 rings (SSSR count). The Hall–Kier alpha value is -3.38. The van der Waals surface area contributed by atoms with Gasteiger partial charge in [0.15, 0.2) is 6.61 Å². The Morgan fingerprint density at radius 2 is 1.87 bits per heavy atom. The lowest BCUT2D eigenvalue weighted by Gasteiger charge is -2.07. The van der Waals surface area contributed by atoms with Crippen LogP contribution in [0.3, 0.4) is 0 Å². The molecule has 0 unspecified atom stereocenters. The van der Waals surface area contributed by atoms with Gasteiger partial charge in [-0.2, -0.15) is 5.10 Å². The van der Waals surface area contributed by atoms with Crippen molar-refractivity contribution in [2.75, 3.05) is 6.61 Å². The molecule has 0 fully saturated rings. The molecular weight excluding hydrogens is 454 g/mol. The Kier molecular flexibility index (Phi) is 6.48. The molecule has 0 aliphatic rings. The van der Waals surface area contributed by atoms with Crippen molar-refractivity contribution in [1.29, 1.82) is 0 Å². The Morgan fingerprint density at radius 3 is 2.68 bits per heavy atom. The van der Waals surface area contributed by atoms with Gasteiger partial charge in [-0.1, -0.05) is 54.6 Å². The fourth-order valence-corrected chi connectivity index (χ4v) is 3.97. The number of carbonyl (C=O) groups excluding carboxylic acids is 1. The molecule has 1 amide bonds. The van der Waals surface area contributed by atoms with Gasteiger partial charge in [0.25, 0.3) is 5.91 Å². The van der Waals surface area contributed by atoms with Crippen LogP contribution in [0.25, 0.3) is 10.9 Å². The van der Waals surface area contributed by atoms with Crippen LogP contribution in [0.1, 0.15) is 16.7 Å². The summed E-state index contributed by atoms with van der Waals surface area (Å²) in [6, 6.07) is 24.2. The van der Waals surface area contributed by atoms with Crippen molar-refractivity contribution in [2.24, 2.45) is 5.10 Å². The maximum atomic E-state index is 12.1. The number of hydrogen-bond acceptors (Lipinski definition) is 3. The van der Waals surface area contributed by atoms with Gasteiger partial charge in [-0.3, -0.25) is 4.79 Å². The Labute approximate surface area is 189 Å². The molecule has 0 radical (unpaired) electrons. The van der Waals surface area contributed by atoms with E-state index >= 15 is 0 Å². The lowest BCUT2D eigenvalue weighted by Crippen LogP contribution is -2.24. The van der Waals surface area contributed by atoms with E-state index in [2.05, 4.69) is 55.3 Å². The van der Waals surface area contributed by atoms with Gasteiger partial charge in [0.05, 0.1) is 10.7 Å². The van der Waals surface area contributed by atoms with Gasteiger partial charge >= 0.3 is 0 Å². The van der Waals surface area contributed by atoms with Gasteiger partial charge < -0.3 is 9.30 Å². The number of ether oxygens (including phenoxy) is 1. The fraction of sp³-hybridized carbons (Fsp3) is 0.120. The van der Waals surface area contributed by atoms with Crippen molar-refractivity contribution in [3.8, 4) is 5.75 Å². The number of fused-ring (bicyclic) bond motifs is 1. The van der Waals surface area contributed by atoms with Gasteiger partial charge in [0, 0.05) is 29.2 Å². The zero-order valence-electron chi connectivity index (χ0n) is 17.1. The predicted octanol–water partition coefficient (Wildman–Crippen LogP) is 5.29. The minimum absolute atomic E-state index is 0.116. The van der Waals surface area contributed by atoms with E-state index in [9.17, 15) is 4.79 Å². The summed E-state index contributed by atoms with van der Waals surface area (Å²) in [5.41, 5.74) is 6.93. The summed E-state index contributed by atoms with van der Waals surface area (Å²) >= 11 is 3.44. The summed E-state index contributed by atoms with van der Waals surface area (Å²) in [6.07, 6.45) is 3.72. The second-order valence-electron chi connectivity index (χ2n) is 7.23. The highest BCUT2D eigenvalue weighted by Crippen LogP contribution is 2.25. The number of nitrogens with one attached hydrogen (secondary N) is 1.